The Morgan fingerprint density at radius 3 is 2.61 bits per heavy atom. The van der Waals surface area contributed by atoms with E-state index in [9.17, 15) is 4.79 Å². The van der Waals surface area contributed by atoms with Crippen LogP contribution in [0.3, 0.4) is 0 Å². The van der Waals surface area contributed by atoms with Crippen molar-refractivity contribution in [1.82, 2.24) is 25.0 Å². The second kappa shape index (κ2) is 9.26. The highest BCUT2D eigenvalue weighted by Gasteiger charge is 2.38. The predicted molar refractivity (Wildman–Crippen MR) is 120 cm³/mol. The topological polar surface area (TPSA) is 85.8 Å². The molecule has 3 aromatic rings. The van der Waals surface area contributed by atoms with E-state index in [-0.39, 0.29) is 11.7 Å². The Bertz CT molecular complexity index is 1050. The van der Waals surface area contributed by atoms with Crippen LogP contribution in [0.1, 0.15) is 61.4 Å². The van der Waals surface area contributed by atoms with E-state index in [0.717, 1.165) is 49.4 Å². The molecule has 0 atom stereocenters. The van der Waals surface area contributed by atoms with Crippen molar-refractivity contribution in [3.63, 3.8) is 0 Å². The van der Waals surface area contributed by atoms with Gasteiger partial charge in [-0.15, -0.1) is 0 Å². The fourth-order valence-corrected chi connectivity index (χ4v) is 4.90. The lowest BCUT2D eigenvalue weighted by Gasteiger charge is -2.30. The van der Waals surface area contributed by atoms with Crippen molar-refractivity contribution in [2.75, 3.05) is 5.75 Å². The minimum absolute atomic E-state index is 0.0380. The summed E-state index contributed by atoms with van der Waals surface area (Å²) in [6.45, 7) is 5.98. The summed E-state index contributed by atoms with van der Waals surface area (Å²) in [5.41, 5.74) is 2.98. The average Bonchev–Trinajstić information content (AvgIpc) is 3.33. The van der Waals surface area contributed by atoms with Crippen LogP contribution < -0.4 is 5.32 Å². The predicted octanol–water partition coefficient (Wildman–Crippen LogP) is 4.64. The molecule has 0 bridgehead atoms. The first-order valence-corrected chi connectivity index (χ1v) is 11.8. The molecule has 1 amide bonds. The molecule has 4 rings (SSSR count). The zero-order valence-electron chi connectivity index (χ0n) is 18.4. The number of carbonyl (C=O) groups is 1. The standard InChI is InChI=1S/C23H29N5O2S/c1-16-8-9-19(14-17(16)2)28-13-12-24-22(28)31-15-20(29)26-23(10-6-4-5-7-11-23)21-25-18(3)30-27-21/h8-9,12-14H,4-7,10-11,15H2,1-3H3,(H,26,29). The van der Waals surface area contributed by atoms with E-state index in [2.05, 4.69) is 52.5 Å². The number of carbonyl (C=O) groups excluding carboxylic acids is 1. The second-order valence-corrected chi connectivity index (χ2v) is 9.26. The molecule has 1 aliphatic rings. The van der Waals surface area contributed by atoms with Crippen LogP contribution in [-0.2, 0) is 10.3 Å². The molecule has 31 heavy (non-hydrogen) atoms. The molecule has 2 heterocycles. The Balaban J connectivity index is 1.47. The van der Waals surface area contributed by atoms with Crippen LogP contribution in [-0.4, -0.2) is 31.4 Å². The summed E-state index contributed by atoms with van der Waals surface area (Å²) in [4.78, 5) is 21.9. The monoisotopic (exact) mass is 439 g/mol. The number of hydrogen-bond donors (Lipinski definition) is 1. The van der Waals surface area contributed by atoms with Crippen LogP contribution in [0, 0.1) is 20.8 Å². The van der Waals surface area contributed by atoms with Crippen molar-refractivity contribution in [2.45, 2.75) is 70.0 Å². The summed E-state index contributed by atoms with van der Waals surface area (Å²) < 4.78 is 7.26. The Hall–Kier alpha value is -2.61. The number of aryl methyl sites for hydroxylation is 3. The minimum Gasteiger partial charge on any atom is -0.342 e. The van der Waals surface area contributed by atoms with Gasteiger partial charge in [-0.1, -0.05) is 48.7 Å². The van der Waals surface area contributed by atoms with Gasteiger partial charge in [0.2, 0.25) is 11.8 Å². The number of hydrogen-bond acceptors (Lipinski definition) is 6. The van der Waals surface area contributed by atoms with Crippen LogP contribution in [0.5, 0.6) is 0 Å². The molecule has 0 saturated heterocycles. The fraction of sp³-hybridized carbons (Fsp3) is 0.478. The fourth-order valence-electron chi connectivity index (χ4n) is 4.13. The Kier molecular flexibility index (Phi) is 6.46. The first-order chi connectivity index (χ1) is 15.0. The SMILES string of the molecule is Cc1nc(C2(NC(=O)CSc3nccn3-c3ccc(C)c(C)c3)CCCCCC2)no1. The number of thioether (sulfide) groups is 1. The molecular formula is C23H29N5O2S. The van der Waals surface area contributed by atoms with Crippen molar-refractivity contribution >= 4 is 17.7 Å². The third-order valence-electron chi connectivity index (χ3n) is 6.00. The van der Waals surface area contributed by atoms with Gasteiger partial charge in [0.25, 0.3) is 0 Å². The molecule has 1 aromatic carbocycles. The lowest BCUT2D eigenvalue weighted by Crippen LogP contribution is -2.47. The molecule has 1 N–H and O–H groups in total. The van der Waals surface area contributed by atoms with Crippen LogP contribution in [0.2, 0.25) is 0 Å². The second-order valence-electron chi connectivity index (χ2n) is 8.32. The summed E-state index contributed by atoms with van der Waals surface area (Å²) in [6, 6.07) is 6.32. The summed E-state index contributed by atoms with van der Waals surface area (Å²) >= 11 is 1.44. The quantitative estimate of drug-likeness (QED) is 0.445. The molecular weight excluding hydrogens is 410 g/mol. The maximum Gasteiger partial charge on any atom is 0.231 e. The maximum absolute atomic E-state index is 13.0. The van der Waals surface area contributed by atoms with Gasteiger partial charge in [-0.3, -0.25) is 9.36 Å². The highest BCUT2D eigenvalue weighted by molar-refractivity contribution is 7.99. The Morgan fingerprint density at radius 1 is 1.16 bits per heavy atom. The lowest BCUT2D eigenvalue weighted by molar-refractivity contribution is -0.120. The van der Waals surface area contributed by atoms with Crippen LogP contribution >= 0.6 is 11.8 Å². The number of nitrogens with zero attached hydrogens (tertiary/aromatic N) is 4. The van der Waals surface area contributed by atoms with E-state index in [1.165, 1.54) is 22.9 Å². The largest absolute Gasteiger partial charge is 0.342 e. The van der Waals surface area contributed by atoms with Crippen molar-refractivity contribution in [3.05, 3.63) is 53.4 Å². The van der Waals surface area contributed by atoms with E-state index in [4.69, 9.17) is 4.52 Å². The molecule has 0 radical (unpaired) electrons. The third kappa shape index (κ3) is 4.84. The van der Waals surface area contributed by atoms with Crippen molar-refractivity contribution in [2.24, 2.45) is 0 Å². The Labute approximate surface area is 187 Å². The smallest absolute Gasteiger partial charge is 0.231 e. The van der Waals surface area contributed by atoms with Gasteiger partial charge >= 0.3 is 0 Å². The summed E-state index contributed by atoms with van der Waals surface area (Å²) in [6.07, 6.45) is 9.77. The summed E-state index contributed by atoms with van der Waals surface area (Å²) in [5.74, 6) is 1.36. The molecule has 164 valence electrons. The summed E-state index contributed by atoms with van der Waals surface area (Å²) in [5, 5.41) is 8.21. The van der Waals surface area contributed by atoms with E-state index in [0.29, 0.717) is 11.7 Å². The molecule has 1 aliphatic carbocycles. The lowest BCUT2D eigenvalue weighted by atomic mass is 9.89. The van der Waals surface area contributed by atoms with Crippen LogP contribution in [0.15, 0.2) is 40.3 Å². The normalized spacial score (nSPS) is 16.1. The minimum atomic E-state index is -0.546. The first-order valence-electron chi connectivity index (χ1n) is 10.8. The highest BCUT2D eigenvalue weighted by atomic mass is 32.2. The Morgan fingerprint density at radius 2 is 1.94 bits per heavy atom. The van der Waals surface area contributed by atoms with Gasteiger partial charge < -0.3 is 9.84 Å². The molecule has 7 nitrogen and oxygen atoms in total. The number of imidazole rings is 1. The number of amides is 1. The zero-order chi connectivity index (χ0) is 21.8. The zero-order valence-corrected chi connectivity index (χ0v) is 19.2. The van der Waals surface area contributed by atoms with E-state index < -0.39 is 5.54 Å². The van der Waals surface area contributed by atoms with Crippen molar-refractivity contribution < 1.29 is 9.32 Å². The van der Waals surface area contributed by atoms with Gasteiger partial charge in [0.15, 0.2) is 11.0 Å². The highest BCUT2D eigenvalue weighted by Crippen LogP contribution is 2.35. The molecule has 0 unspecified atom stereocenters. The van der Waals surface area contributed by atoms with Gasteiger partial charge in [-0.2, -0.15) is 4.98 Å². The third-order valence-corrected chi connectivity index (χ3v) is 6.97. The number of aromatic nitrogens is 4. The maximum atomic E-state index is 13.0. The van der Waals surface area contributed by atoms with Crippen LogP contribution in [0.4, 0.5) is 0 Å². The van der Waals surface area contributed by atoms with E-state index in [1.807, 2.05) is 10.8 Å². The van der Waals surface area contributed by atoms with Crippen LogP contribution in [0.25, 0.3) is 5.69 Å². The number of benzene rings is 1. The number of rotatable bonds is 6. The molecule has 2 aromatic heterocycles. The molecule has 0 aliphatic heterocycles. The van der Waals surface area contributed by atoms with E-state index >= 15 is 0 Å². The summed E-state index contributed by atoms with van der Waals surface area (Å²) in [7, 11) is 0. The molecule has 0 spiro atoms. The van der Waals surface area contributed by atoms with Gasteiger partial charge in [-0.05, 0) is 49.9 Å². The average molecular weight is 440 g/mol. The first kappa shape index (κ1) is 21.6. The molecule has 8 heteroatoms. The van der Waals surface area contributed by atoms with Crippen molar-refractivity contribution in [3.8, 4) is 5.69 Å². The number of nitrogens with one attached hydrogen (secondary N) is 1. The molecule has 1 fully saturated rings. The van der Waals surface area contributed by atoms with Gasteiger partial charge in [-0.25, -0.2) is 4.98 Å². The molecule has 1 saturated carbocycles. The van der Waals surface area contributed by atoms with Gasteiger partial charge in [0.05, 0.1) is 5.75 Å². The van der Waals surface area contributed by atoms with Gasteiger partial charge in [0.1, 0.15) is 5.54 Å². The van der Waals surface area contributed by atoms with Crippen molar-refractivity contribution in [1.29, 1.82) is 0 Å². The van der Waals surface area contributed by atoms with E-state index in [1.54, 1.807) is 13.1 Å². The van der Waals surface area contributed by atoms with Gasteiger partial charge in [0, 0.05) is 25.0 Å².